The van der Waals surface area contributed by atoms with Gasteiger partial charge in [-0.2, -0.15) is 0 Å². The molecule has 92 valence electrons. The standard InChI is InChI=1S/C12H22N2O2/c1-2-16-11(15)14-7-3-10(4-8-14)12(9-13)5-6-12/h10H,2-9,13H2,1H3. The fourth-order valence-electron chi connectivity index (χ4n) is 2.83. The van der Waals surface area contributed by atoms with Gasteiger partial charge in [0.25, 0.3) is 0 Å². The Morgan fingerprint density at radius 2 is 2.06 bits per heavy atom. The maximum Gasteiger partial charge on any atom is 0.409 e. The minimum atomic E-state index is -0.154. The molecular formula is C12H22N2O2. The van der Waals surface area contributed by atoms with E-state index in [4.69, 9.17) is 10.5 Å². The molecule has 0 spiro atoms. The quantitative estimate of drug-likeness (QED) is 0.795. The summed E-state index contributed by atoms with van der Waals surface area (Å²) in [7, 11) is 0. The van der Waals surface area contributed by atoms with Crippen LogP contribution in [0.4, 0.5) is 4.79 Å². The van der Waals surface area contributed by atoms with E-state index in [1.807, 2.05) is 11.8 Å². The molecule has 4 heteroatoms. The summed E-state index contributed by atoms with van der Waals surface area (Å²) in [6.45, 7) is 4.80. The van der Waals surface area contributed by atoms with Crippen molar-refractivity contribution in [3.05, 3.63) is 0 Å². The molecular weight excluding hydrogens is 204 g/mol. The summed E-state index contributed by atoms with van der Waals surface area (Å²) in [6.07, 6.45) is 4.60. The van der Waals surface area contributed by atoms with E-state index >= 15 is 0 Å². The molecule has 2 aliphatic rings. The molecule has 1 heterocycles. The van der Waals surface area contributed by atoms with E-state index in [0.717, 1.165) is 38.4 Å². The van der Waals surface area contributed by atoms with Crippen molar-refractivity contribution in [1.82, 2.24) is 4.90 Å². The van der Waals surface area contributed by atoms with Crippen LogP contribution in [-0.4, -0.2) is 37.2 Å². The second kappa shape index (κ2) is 4.62. The molecule has 1 saturated heterocycles. The maximum atomic E-state index is 11.5. The van der Waals surface area contributed by atoms with Gasteiger partial charge in [0, 0.05) is 13.1 Å². The van der Waals surface area contributed by atoms with Gasteiger partial charge in [-0.15, -0.1) is 0 Å². The summed E-state index contributed by atoms with van der Waals surface area (Å²) in [5, 5.41) is 0. The Labute approximate surface area is 97.1 Å². The molecule has 0 bridgehead atoms. The van der Waals surface area contributed by atoms with Gasteiger partial charge in [0.15, 0.2) is 0 Å². The summed E-state index contributed by atoms with van der Waals surface area (Å²) < 4.78 is 5.01. The van der Waals surface area contributed by atoms with E-state index in [1.165, 1.54) is 12.8 Å². The van der Waals surface area contributed by atoms with Crippen molar-refractivity contribution in [2.24, 2.45) is 17.1 Å². The zero-order valence-corrected chi connectivity index (χ0v) is 10.1. The van der Waals surface area contributed by atoms with Crippen LogP contribution in [0, 0.1) is 11.3 Å². The van der Waals surface area contributed by atoms with Gasteiger partial charge in [-0.05, 0) is 50.5 Å². The molecule has 1 aliphatic carbocycles. The van der Waals surface area contributed by atoms with E-state index in [9.17, 15) is 4.79 Å². The molecule has 1 amide bonds. The van der Waals surface area contributed by atoms with Gasteiger partial charge in [0.05, 0.1) is 6.61 Å². The maximum absolute atomic E-state index is 11.5. The molecule has 0 aromatic heterocycles. The Balaban J connectivity index is 1.80. The van der Waals surface area contributed by atoms with Crippen molar-refractivity contribution < 1.29 is 9.53 Å². The van der Waals surface area contributed by atoms with Crippen LogP contribution < -0.4 is 5.73 Å². The van der Waals surface area contributed by atoms with Crippen LogP contribution in [0.15, 0.2) is 0 Å². The highest BCUT2D eigenvalue weighted by Crippen LogP contribution is 2.54. The number of hydrogen-bond donors (Lipinski definition) is 1. The van der Waals surface area contributed by atoms with Gasteiger partial charge >= 0.3 is 6.09 Å². The number of carbonyl (C=O) groups is 1. The molecule has 0 radical (unpaired) electrons. The summed E-state index contributed by atoms with van der Waals surface area (Å²) in [5.74, 6) is 0.725. The van der Waals surface area contributed by atoms with Crippen LogP contribution in [0.25, 0.3) is 0 Å². The first-order chi connectivity index (χ1) is 7.72. The highest BCUT2D eigenvalue weighted by molar-refractivity contribution is 5.67. The molecule has 2 N–H and O–H groups in total. The average molecular weight is 226 g/mol. The lowest BCUT2D eigenvalue weighted by atomic mass is 9.81. The van der Waals surface area contributed by atoms with Gasteiger partial charge in [-0.1, -0.05) is 0 Å². The van der Waals surface area contributed by atoms with E-state index in [2.05, 4.69) is 0 Å². The Hall–Kier alpha value is -0.770. The lowest BCUT2D eigenvalue weighted by Crippen LogP contribution is -2.42. The molecule has 0 aromatic rings. The molecule has 0 unspecified atom stereocenters. The minimum absolute atomic E-state index is 0.154. The van der Waals surface area contributed by atoms with Gasteiger partial charge in [0.1, 0.15) is 0 Å². The third kappa shape index (κ3) is 2.17. The second-order valence-corrected chi connectivity index (χ2v) is 5.03. The van der Waals surface area contributed by atoms with Gasteiger partial charge in [-0.25, -0.2) is 4.79 Å². The predicted molar refractivity (Wildman–Crippen MR) is 62.0 cm³/mol. The number of piperidine rings is 1. The molecule has 1 aliphatic heterocycles. The van der Waals surface area contributed by atoms with Gasteiger partial charge < -0.3 is 15.4 Å². The predicted octanol–water partition coefficient (Wildman–Crippen LogP) is 1.59. The highest BCUT2D eigenvalue weighted by Gasteiger charge is 2.48. The largest absolute Gasteiger partial charge is 0.450 e. The van der Waals surface area contributed by atoms with Crippen LogP contribution in [0.3, 0.4) is 0 Å². The van der Waals surface area contributed by atoms with Crippen molar-refractivity contribution >= 4 is 6.09 Å². The Kier molecular flexibility index (Phi) is 3.38. The summed E-state index contributed by atoms with van der Waals surface area (Å²) in [6, 6.07) is 0. The number of amides is 1. The SMILES string of the molecule is CCOC(=O)N1CCC(C2(CN)CC2)CC1. The van der Waals surface area contributed by atoms with Crippen molar-refractivity contribution in [3.8, 4) is 0 Å². The fraction of sp³-hybridized carbons (Fsp3) is 0.917. The Morgan fingerprint density at radius 3 is 2.50 bits per heavy atom. The molecule has 2 fully saturated rings. The van der Waals surface area contributed by atoms with Crippen molar-refractivity contribution in [3.63, 3.8) is 0 Å². The van der Waals surface area contributed by atoms with Gasteiger partial charge in [-0.3, -0.25) is 0 Å². The summed E-state index contributed by atoms with van der Waals surface area (Å²) in [5.41, 5.74) is 6.27. The normalized spacial score (nSPS) is 24.2. The number of nitrogens with two attached hydrogens (primary N) is 1. The van der Waals surface area contributed by atoms with Crippen molar-refractivity contribution in [2.75, 3.05) is 26.2 Å². The summed E-state index contributed by atoms with van der Waals surface area (Å²) in [4.78, 5) is 13.3. The lowest BCUT2D eigenvalue weighted by Gasteiger charge is -2.35. The molecule has 16 heavy (non-hydrogen) atoms. The first-order valence-corrected chi connectivity index (χ1v) is 6.33. The fourth-order valence-corrected chi connectivity index (χ4v) is 2.83. The van der Waals surface area contributed by atoms with E-state index in [0.29, 0.717) is 12.0 Å². The van der Waals surface area contributed by atoms with E-state index < -0.39 is 0 Å². The number of hydrogen-bond acceptors (Lipinski definition) is 3. The number of nitrogens with zero attached hydrogens (tertiary/aromatic N) is 1. The molecule has 4 nitrogen and oxygen atoms in total. The number of likely N-dealkylation sites (tertiary alicyclic amines) is 1. The first-order valence-electron chi connectivity index (χ1n) is 6.33. The zero-order chi connectivity index (χ0) is 11.6. The lowest BCUT2D eigenvalue weighted by molar-refractivity contribution is 0.0820. The summed E-state index contributed by atoms with van der Waals surface area (Å²) >= 11 is 0. The van der Waals surface area contributed by atoms with Crippen LogP contribution in [0.5, 0.6) is 0 Å². The van der Waals surface area contributed by atoms with Crippen molar-refractivity contribution in [2.45, 2.75) is 32.6 Å². The highest BCUT2D eigenvalue weighted by atomic mass is 16.6. The first kappa shape index (κ1) is 11.7. The third-order valence-electron chi connectivity index (χ3n) is 4.19. The third-order valence-corrected chi connectivity index (χ3v) is 4.19. The van der Waals surface area contributed by atoms with Crippen LogP contribution in [0.2, 0.25) is 0 Å². The zero-order valence-electron chi connectivity index (χ0n) is 10.1. The van der Waals surface area contributed by atoms with Gasteiger partial charge in [0.2, 0.25) is 0 Å². The van der Waals surface area contributed by atoms with Crippen LogP contribution in [0.1, 0.15) is 32.6 Å². The van der Waals surface area contributed by atoms with Crippen molar-refractivity contribution in [1.29, 1.82) is 0 Å². The molecule has 1 saturated carbocycles. The molecule has 2 rings (SSSR count). The average Bonchev–Trinajstić information content (AvgIpc) is 3.10. The van der Waals surface area contributed by atoms with Crippen LogP contribution >= 0.6 is 0 Å². The van der Waals surface area contributed by atoms with E-state index in [1.54, 1.807) is 0 Å². The minimum Gasteiger partial charge on any atom is -0.450 e. The smallest absolute Gasteiger partial charge is 0.409 e. The monoisotopic (exact) mass is 226 g/mol. The molecule has 0 aromatic carbocycles. The van der Waals surface area contributed by atoms with E-state index in [-0.39, 0.29) is 6.09 Å². The Morgan fingerprint density at radius 1 is 1.44 bits per heavy atom. The topological polar surface area (TPSA) is 55.6 Å². The number of carbonyl (C=O) groups excluding carboxylic acids is 1. The van der Waals surface area contributed by atoms with Crippen LogP contribution in [-0.2, 0) is 4.74 Å². The molecule has 0 atom stereocenters. The second-order valence-electron chi connectivity index (χ2n) is 5.03. The number of rotatable bonds is 3. The Bertz CT molecular complexity index is 256. The number of ether oxygens (including phenoxy) is 1.